The second-order valence-corrected chi connectivity index (χ2v) is 6.10. The predicted molar refractivity (Wildman–Crippen MR) is 87.5 cm³/mol. The van der Waals surface area contributed by atoms with E-state index in [9.17, 15) is 4.79 Å². The number of aryl methyl sites for hydroxylation is 1. The summed E-state index contributed by atoms with van der Waals surface area (Å²) < 4.78 is 1.99. The standard InChI is InChI=1S/C17H24N4O/c1-3-21-16-9-5-4-8-14(16)15(19-21)11-18-17(22)13-7-6-10-20(2)12-13/h4-5,8-9,13H,3,6-7,10-12H2,1-2H3,(H,18,22)/t13-/m0/s1. The maximum atomic E-state index is 12.4. The zero-order valence-corrected chi connectivity index (χ0v) is 13.4. The van der Waals surface area contributed by atoms with Gasteiger partial charge in [-0.15, -0.1) is 0 Å². The number of hydrogen-bond donors (Lipinski definition) is 1. The molecular formula is C17H24N4O. The number of rotatable bonds is 4. The number of amides is 1. The Hall–Kier alpha value is -1.88. The topological polar surface area (TPSA) is 50.2 Å². The lowest BCUT2D eigenvalue weighted by molar-refractivity contribution is -0.126. The Morgan fingerprint density at radius 3 is 3.00 bits per heavy atom. The lowest BCUT2D eigenvalue weighted by Gasteiger charge is -2.28. The van der Waals surface area contributed by atoms with Crippen LogP contribution in [0.5, 0.6) is 0 Å². The first-order valence-corrected chi connectivity index (χ1v) is 8.09. The molecule has 0 aliphatic carbocycles. The quantitative estimate of drug-likeness (QED) is 0.940. The number of carbonyl (C=O) groups is 1. The van der Waals surface area contributed by atoms with Crippen molar-refractivity contribution in [3.8, 4) is 0 Å². The SMILES string of the molecule is CCn1nc(CNC(=O)[C@H]2CCCN(C)C2)c2ccccc21. The maximum Gasteiger partial charge on any atom is 0.224 e. The number of benzene rings is 1. The van der Waals surface area contributed by atoms with Gasteiger partial charge in [0, 0.05) is 18.5 Å². The first-order valence-electron chi connectivity index (χ1n) is 8.09. The molecule has 118 valence electrons. The van der Waals surface area contributed by atoms with Gasteiger partial charge < -0.3 is 10.2 Å². The second kappa shape index (κ2) is 6.48. The number of nitrogens with zero attached hydrogens (tertiary/aromatic N) is 3. The average molecular weight is 300 g/mol. The summed E-state index contributed by atoms with van der Waals surface area (Å²) in [4.78, 5) is 14.6. The van der Waals surface area contributed by atoms with Gasteiger partial charge in [0.2, 0.25) is 5.91 Å². The normalized spacial score (nSPS) is 19.5. The van der Waals surface area contributed by atoms with Crippen molar-refractivity contribution in [2.45, 2.75) is 32.9 Å². The fourth-order valence-electron chi connectivity index (χ4n) is 3.26. The number of likely N-dealkylation sites (tertiary alicyclic amines) is 1. The molecule has 0 saturated carbocycles. The Labute approximate surface area is 131 Å². The Kier molecular flexibility index (Phi) is 4.43. The fraction of sp³-hybridized carbons (Fsp3) is 0.529. The Morgan fingerprint density at radius 2 is 2.23 bits per heavy atom. The van der Waals surface area contributed by atoms with E-state index >= 15 is 0 Å². The Morgan fingerprint density at radius 1 is 1.41 bits per heavy atom. The minimum Gasteiger partial charge on any atom is -0.350 e. The largest absolute Gasteiger partial charge is 0.350 e. The molecule has 1 saturated heterocycles. The van der Waals surface area contributed by atoms with Crippen molar-refractivity contribution in [2.24, 2.45) is 5.92 Å². The van der Waals surface area contributed by atoms with Crippen LogP contribution in [0.15, 0.2) is 24.3 Å². The van der Waals surface area contributed by atoms with Crippen LogP contribution in [0.4, 0.5) is 0 Å². The molecule has 0 radical (unpaired) electrons. The van der Waals surface area contributed by atoms with E-state index in [1.165, 1.54) is 0 Å². The Bertz CT molecular complexity index is 664. The van der Waals surface area contributed by atoms with Crippen LogP contribution in [-0.2, 0) is 17.9 Å². The summed E-state index contributed by atoms with van der Waals surface area (Å²) in [6.45, 7) is 5.37. The lowest BCUT2D eigenvalue weighted by Crippen LogP contribution is -2.41. The molecule has 2 heterocycles. The molecule has 3 rings (SSSR count). The van der Waals surface area contributed by atoms with Crippen LogP contribution in [0.3, 0.4) is 0 Å². The predicted octanol–water partition coefficient (Wildman–Crippen LogP) is 2.01. The van der Waals surface area contributed by atoms with Gasteiger partial charge in [-0.25, -0.2) is 0 Å². The van der Waals surface area contributed by atoms with Gasteiger partial charge >= 0.3 is 0 Å². The van der Waals surface area contributed by atoms with E-state index in [1.807, 2.05) is 16.8 Å². The van der Waals surface area contributed by atoms with Crippen LogP contribution in [-0.4, -0.2) is 40.7 Å². The number of nitrogens with one attached hydrogen (secondary N) is 1. The fourth-order valence-corrected chi connectivity index (χ4v) is 3.26. The zero-order valence-electron chi connectivity index (χ0n) is 13.4. The first kappa shape index (κ1) is 15.0. The highest BCUT2D eigenvalue weighted by Crippen LogP contribution is 2.19. The van der Waals surface area contributed by atoms with Crippen LogP contribution in [0.1, 0.15) is 25.5 Å². The van der Waals surface area contributed by atoms with Gasteiger partial charge in [-0.3, -0.25) is 9.48 Å². The molecule has 22 heavy (non-hydrogen) atoms. The molecule has 1 aromatic heterocycles. The van der Waals surface area contributed by atoms with Crippen molar-refractivity contribution in [2.75, 3.05) is 20.1 Å². The van der Waals surface area contributed by atoms with Gasteiger partial charge in [-0.05, 0) is 39.4 Å². The molecule has 2 aromatic rings. The highest BCUT2D eigenvalue weighted by Gasteiger charge is 2.24. The van der Waals surface area contributed by atoms with Gasteiger partial charge in [0.25, 0.3) is 0 Å². The van der Waals surface area contributed by atoms with Gasteiger partial charge in [0.15, 0.2) is 0 Å². The second-order valence-electron chi connectivity index (χ2n) is 6.10. The van der Waals surface area contributed by atoms with E-state index in [-0.39, 0.29) is 11.8 Å². The van der Waals surface area contributed by atoms with Crippen molar-refractivity contribution >= 4 is 16.8 Å². The molecule has 1 aliphatic rings. The molecule has 0 spiro atoms. The first-order chi connectivity index (χ1) is 10.7. The number of aromatic nitrogens is 2. The molecule has 1 fully saturated rings. The van der Waals surface area contributed by atoms with Crippen LogP contribution in [0, 0.1) is 5.92 Å². The third-order valence-electron chi connectivity index (χ3n) is 4.46. The minimum atomic E-state index is 0.110. The third kappa shape index (κ3) is 2.99. The lowest BCUT2D eigenvalue weighted by atomic mass is 9.97. The van der Waals surface area contributed by atoms with Crippen molar-refractivity contribution < 1.29 is 4.79 Å². The van der Waals surface area contributed by atoms with Crippen molar-refractivity contribution in [1.82, 2.24) is 20.0 Å². The van der Waals surface area contributed by atoms with Gasteiger partial charge in [-0.2, -0.15) is 5.10 Å². The summed E-state index contributed by atoms with van der Waals surface area (Å²) in [5.74, 6) is 0.264. The maximum absolute atomic E-state index is 12.4. The molecule has 5 heteroatoms. The smallest absolute Gasteiger partial charge is 0.224 e. The molecule has 0 bridgehead atoms. The molecule has 1 N–H and O–H groups in total. The van der Waals surface area contributed by atoms with E-state index < -0.39 is 0 Å². The number of fused-ring (bicyclic) bond motifs is 1. The molecule has 1 amide bonds. The highest BCUT2D eigenvalue weighted by molar-refractivity contribution is 5.83. The van der Waals surface area contributed by atoms with Gasteiger partial charge in [0.05, 0.1) is 23.7 Å². The molecular weight excluding hydrogens is 276 g/mol. The summed E-state index contributed by atoms with van der Waals surface area (Å²) in [7, 11) is 2.08. The van der Waals surface area contributed by atoms with Gasteiger partial charge in [-0.1, -0.05) is 18.2 Å². The zero-order chi connectivity index (χ0) is 15.5. The Balaban J connectivity index is 1.70. The van der Waals surface area contributed by atoms with Crippen molar-refractivity contribution in [3.63, 3.8) is 0 Å². The number of piperidine rings is 1. The van der Waals surface area contributed by atoms with Crippen LogP contribution < -0.4 is 5.32 Å². The highest BCUT2D eigenvalue weighted by atomic mass is 16.1. The molecule has 1 aliphatic heterocycles. The molecule has 1 atom stereocenters. The van der Waals surface area contributed by atoms with E-state index in [4.69, 9.17) is 0 Å². The average Bonchev–Trinajstić information content (AvgIpc) is 2.91. The summed E-state index contributed by atoms with van der Waals surface area (Å²) >= 11 is 0. The van der Waals surface area contributed by atoms with E-state index in [0.717, 1.165) is 49.1 Å². The van der Waals surface area contributed by atoms with E-state index in [1.54, 1.807) is 0 Å². The van der Waals surface area contributed by atoms with Gasteiger partial charge in [0.1, 0.15) is 0 Å². The molecule has 0 unspecified atom stereocenters. The minimum absolute atomic E-state index is 0.110. The van der Waals surface area contributed by atoms with Crippen LogP contribution in [0.2, 0.25) is 0 Å². The number of hydrogen-bond acceptors (Lipinski definition) is 3. The summed E-state index contributed by atoms with van der Waals surface area (Å²) in [6.07, 6.45) is 2.09. The van der Waals surface area contributed by atoms with Crippen LogP contribution >= 0.6 is 0 Å². The van der Waals surface area contributed by atoms with E-state index in [2.05, 4.69) is 41.4 Å². The molecule has 1 aromatic carbocycles. The van der Waals surface area contributed by atoms with E-state index in [0.29, 0.717) is 6.54 Å². The van der Waals surface area contributed by atoms with Crippen molar-refractivity contribution in [3.05, 3.63) is 30.0 Å². The summed E-state index contributed by atoms with van der Waals surface area (Å²) in [5.41, 5.74) is 2.08. The van der Waals surface area contributed by atoms with Crippen LogP contribution in [0.25, 0.3) is 10.9 Å². The van der Waals surface area contributed by atoms with Crippen molar-refractivity contribution in [1.29, 1.82) is 0 Å². The monoisotopic (exact) mass is 300 g/mol. The summed E-state index contributed by atoms with van der Waals surface area (Å²) in [5, 5.41) is 8.84. The number of carbonyl (C=O) groups excluding carboxylic acids is 1. The number of para-hydroxylation sites is 1. The summed E-state index contributed by atoms with van der Waals surface area (Å²) in [6, 6.07) is 8.19. The third-order valence-corrected chi connectivity index (χ3v) is 4.46. The molecule has 5 nitrogen and oxygen atoms in total.